The molecule has 0 radical (unpaired) electrons. The first-order valence-corrected chi connectivity index (χ1v) is 6.26. The molecule has 0 saturated carbocycles. The van der Waals surface area contributed by atoms with E-state index in [-0.39, 0.29) is 6.61 Å². The van der Waals surface area contributed by atoms with Gasteiger partial charge in [0.25, 0.3) is 0 Å². The van der Waals surface area contributed by atoms with Crippen LogP contribution in [0.3, 0.4) is 0 Å². The Balaban J connectivity index is 2.24. The van der Waals surface area contributed by atoms with E-state index in [9.17, 15) is 4.39 Å². The highest BCUT2D eigenvalue weighted by Gasteiger charge is 2.08. The Bertz CT molecular complexity index is 632. The summed E-state index contributed by atoms with van der Waals surface area (Å²) in [7, 11) is 0. The third kappa shape index (κ3) is 3.04. The number of hydrogen-bond donors (Lipinski definition) is 1. The molecule has 0 aliphatic rings. The zero-order valence-electron chi connectivity index (χ0n) is 9.86. The zero-order valence-corrected chi connectivity index (χ0v) is 11.4. The van der Waals surface area contributed by atoms with Crippen LogP contribution in [-0.4, -0.2) is 0 Å². The molecular formula is C14H10BrFN2O. The highest BCUT2D eigenvalue weighted by Crippen LogP contribution is 2.31. The third-order valence-corrected chi connectivity index (χ3v) is 3.18. The average Bonchev–Trinajstić information content (AvgIpc) is 2.38. The summed E-state index contributed by atoms with van der Waals surface area (Å²) in [6.07, 6.45) is 0. The quantitative estimate of drug-likeness (QED) is 0.879. The van der Waals surface area contributed by atoms with Crippen molar-refractivity contribution in [3.63, 3.8) is 0 Å². The summed E-state index contributed by atoms with van der Waals surface area (Å²) in [4.78, 5) is 0. The van der Waals surface area contributed by atoms with E-state index < -0.39 is 5.82 Å². The van der Waals surface area contributed by atoms with Crippen LogP contribution in [-0.2, 0) is 6.61 Å². The lowest BCUT2D eigenvalue weighted by atomic mass is 10.1. The van der Waals surface area contributed by atoms with E-state index in [2.05, 4.69) is 15.9 Å². The molecule has 0 aliphatic heterocycles. The van der Waals surface area contributed by atoms with Gasteiger partial charge in [0.05, 0.1) is 21.8 Å². The molecule has 2 aromatic carbocycles. The molecule has 0 aromatic heterocycles. The van der Waals surface area contributed by atoms with Crippen molar-refractivity contribution in [3.8, 4) is 11.8 Å². The monoisotopic (exact) mass is 320 g/mol. The van der Waals surface area contributed by atoms with Crippen molar-refractivity contribution in [2.45, 2.75) is 6.61 Å². The normalized spacial score (nSPS) is 9.95. The lowest BCUT2D eigenvalue weighted by Gasteiger charge is -2.11. The van der Waals surface area contributed by atoms with Crippen molar-refractivity contribution in [3.05, 3.63) is 57.8 Å². The number of nitrogens with zero attached hydrogens (tertiary/aromatic N) is 1. The first-order chi connectivity index (χ1) is 9.11. The first kappa shape index (κ1) is 13.4. The smallest absolute Gasteiger partial charge is 0.156 e. The Morgan fingerprint density at radius 1 is 1.32 bits per heavy atom. The fraction of sp³-hybridized carbons (Fsp3) is 0.0714. The number of nitrogen functional groups attached to an aromatic ring is 1. The summed E-state index contributed by atoms with van der Waals surface area (Å²) in [5.74, 6) is 0.0772. The molecule has 2 aromatic rings. The molecule has 0 bridgehead atoms. The number of anilines is 1. The molecule has 19 heavy (non-hydrogen) atoms. The van der Waals surface area contributed by atoms with Gasteiger partial charge in [-0.05, 0) is 46.3 Å². The second-order valence-electron chi connectivity index (χ2n) is 3.86. The number of para-hydroxylation sites is 1. The molecule has 5 heteroatoms. The zero-order chi connectivity index (χ0) is 13.8. The fourth-order valence-electron chi connectivity index (χ4n) is 1.62. The lowest BCUT2D eigenvalue weighted by molar-refractivity contribution is 0.305. The van der Waals surface area contributed by atoms with Gasteiger partial charge in [-0.3, -0.25) is 0 Å². The molecular weight excluding hydrogens is 311 g/mol. The standard InChI is InChI=1S/C14H10BrFN2O/c15-12-2-1-3-13(18)14(12)19-8-10-6-11(16)5-4-9(10)7-17/h1-6H,8,18H2. The topological polar surface area (TPSA) is 59.0 Å². The van der Waals surface area contributed by atoms with Gasteiger partial charge in [0.15, 0.2) is 5.75 Å². The summed E-state index contributed by atoms with van der Waals surface area (Å²) in [5.41, 5.74) is 7.13. The van der Waals surface area contributed by atoms with Gasteiger partial charge in [0.2, 0.25) is 0 Å². The van der Waals surface area contributed by atoms with E-state index in [0.29, 0.717) is 27.0 Å². The molecule has 0 saturated heterocycles. The number of halogens is 2. The second kappa shape index (κ2) is 5.72. The molecule has 96 valence electrons. The lowest BCUT2D eigenvalue weighted by Crippen LogP contribution is -2.02. The van der Waals surface area contributed by atoms with Crippen LogP contribution in [0.25, 0.3) is 0 Å². The molecule has 0 unspecified atom stereocenters. The molecule has 0 aliphatic carbocycles. The van der Waals surface area contributed by atoms with Crippen molar-refractivity contribution in [2.24, 2.45) is 0 Å². The van der Waals surface area contributed by atoms with E-state index in [1.807, 2.05) is 6.07 Å². The van der Waals surface area contributed by atoms with Crippen molar-refractivity contribution in [1.29, 1.82) is 5.26 Å². The van der Waals surface area contributed by atoms with Gasteiger partial charge < -0.3 is 10.5 Å². The molecule has 0 atom stereocenters. The first-order valence-electron chi connectivity index (χ1n) is 5.47. The number of benzene rings is 2. The molecule has 2 N–H and O–H groups in total. The maximum absolute atomic E-state index is 13.2. The van der Waals surface area contributed by atoms with Crippen LogP contribution in [0.5, 0.6) is 5.75 Å². The van der Waals surface area contributed by atoms with E-state index >= 15 is 0 Å². The van der Waals surface area contributed by atoms with Crippen molar-refractivity contribution >= 4 is 21.6 Å². The Kier molecular flexibility index (Phi) is 4.03. The summed E-state index contributed by atoms with van der Waals surface area (Å²) in [6, 6.07) is 11.2. The van der Waals surface area contributed by atoms with Gasteiger partial charge in [-0.1, -0.05) is 6.07 Å². The Morgan fingerprint density at radius 2 is 2.11 bits per heavy atom. The predicted molar refractivity (Wildman–Crippen MR) is 74.0 cm³/mol. The van der Waals surface area contributed by atoms with Gasteiger partial charge >= 0.3 is 0 Å². The van der Waals surface area contributed by atoms with Gasteiger partial charge in [-0.2, -0.15) is 5.26 Å². The van der Waals surface area contributed by atoms with Gasteiger partial charge in [0, 0.05) is 5.56 Å². The largest absolute Gasteiger partial charge is 0.486 e. The number of nitrogens with two attached hydrogens (primary N) is 1. The average molecular weight is 321 g/mol. The van der Waals surface area contributed by atoms with E-state index in [0.717, 1.165) is 0 Å². The molecule has 0 spiro atoms. The maximum atomic E-state index is 13.2. The Morgan fingerprint density at radius 3 is 2.79 bits per heavy atom. The maximum Gasteiger partial charge on any atom is 0.156 e. The van der Waals surface area contributed by atoms with Crippen molar-refractivity contribution in [2.75, 3.05) is 5.73 Å². The highest BCUT2D eigenvalue weighted by atomic mass is 79.9. The Hall–Kier alpha value is -2.06. The number of hydrogen-bond acceptors (Lipinski definition) is 3. The van der Waals surface area contributed by atoms with Gasteiger partial charge in [-0.25, -0.2) is 4.39 Å². The third-order valence-electron chi connectivity index (χ3n) is 2.56. The summed E-state index contributed by atoms with van der Waals surface area (Å²) >= 11 is 3.33. The predicted octanol–water partition coefficient (Wildman–Crippen LogP) is 3.62. The molecule has 0 amide bonds. The SMILES string of the molecule is N#Cc1ccc(F)cc1COc1c(N)cccc1Br. The van der Waals surface area contributed by atoms with Crippen LogP contribution >= 0.6 is 15.9 Å². The minimum atomic E-state index is -0.405. The van der Waals surface area contributed by atoms with E-state index in [1.165, 1.54) is 18.2 Å². The van der Waals surface area contributed by atoms with Crippen LogP contribution in [0, 0.1) is 17.1 Å². The minimum Gasteiger partial charge on any atom is -0.486 e. The number of rotatable bonds is 3. The number of ether oxygens (including phenoxy) is 1. The fourth-order valence-corrected chi connectivity index (χ4v) is 2.11. The minimum absolute atomic E-state index is 0.0769. The van der Waals surface area contributed by atoms with Gasteiger partial charge in [0.1, 0.15) is 12.4 Å². The summed E-state index contributed by atoms with van der Waals surface area (Å²) in [6.45, 7) is 0.0769. The van der Waals surface area contributed by atoms with Gasteiger partial charge in [-0.15, -0.1) is 0 Å². The number of nitriles is 1. The summed E-state index contributed by atoms with van der Waals surface area (Å²) in [5, 5.41) is 8.95. The van der Waals surface area contributed by atoms with Crippen LogP contribution in [0.15, 0.2) is 40.9 Å². The molecule has 0 fully saturated rings. The van der Waals surface area contributed by atoms with Crippen molar-refractivity contribution in [1.82, 2.24) is 0 Å². The van der Waals surface area contributed by atoms with E-state index in [4.69, 9.17) is 15.7 Å². The summed E-state index contributed by atoms with van der Waals surface area (Å²) < 4.78 is 19.4. The van der Waals surface area contributed by atoms with Crippen molar-refractivity contribution < 1.29 is 9.13 Å². The van der Waals surface area contributed by atoms with Crippen LogP contribution < -0.4 is 10.5 Å². The van der Waals surface area contributed by atoms with Crippen LogP contribution in [0.2, 0.25) is 0 Å². The van der Waals surface area contributed by atoms with Crippen LogP contribution in [0.1, 0.15) is 11.1 Å². The molecule has 3 nitrogen and oxygen atoms in total. The van der Waals surface area contributed by atoms with Crippen LogP contribution in [0.4, 0.5) is 10.1 Å². The Labute approximate surface area is 118 Å². The van der Waals surface area contributed by atoms with E-state index in [1.54, 1.807) is 18.2 Å². The highest BCUT2D eigenvalue weighted by molar-refractivity contribution is 9.10. The second-order valence-corrected chi connectivity index (χ2v) is 4.71. The molecule has 2 rings (SSSR count). The molecule has 0 heterocycles.